The minimum atomic E-state index is -3.91. The van der Waals surface area contributed by atoms with E-state index in [2.05, 4.69) is 5.32 Å². The van der Waals surface area contributed by atoms with Crippen LogP contribution in [-0.2, 0) is 10.0 Å². The average Bonchev–Trinajstić information content (AvgIpc) is 2.29. The van der Waals surface area contributed by atoms with E-state index in [-0.39, 0.29) is 27.4 Å². The van der Waals surface area contributed by atoms with Gasteiger partial charge >= 0.3 is 0 Å². The Balaban J connectivity index is 3.30. The molecule has 0 aromatic heterocycles. The number of nitrogens with one attached hydrogen (secondary N) is 1. The Kier molecular flexibility index (Phi) is 4.95. The van der Waals surface area contributed by atoms with Gasteiger partial charge in [-0.25, -0.2) is 13.6 Å². The summed E-state index contributed by atoms with van der Waals surface area (Å²) in [6.07, 6.45) is 0.771. The number of carbonyl (C=O) groups is 1. The Hall–Kier alpha value is -1.11. The van der Waals surface area contributed by atoms with Crippen molar-refractivity contribution in [1.82, 2.24) is 5.32 Å². The molecule has 0 spiro atoms. The van der Waals surface area contributed by atoms with Gasteiger partial charge in [-0.3, -0.25) is 4.79 Å². The molecular formula is C12H17ClN2O3S. The number of carbonyl (C=O) groups excluding carboxylic acids is 1. The first-order valence-electron chi connectivity index (χ1n) is 5.80. The molecule has 5 nitrogen and oxygen atoms in total. The van der Waals surface area contributed by atoms with Gasteiger partial charge in [-0.15, -0.1) is 0 Å². The fraction of sp³-hybridized carbons (Fsp3) is 0.417. The normalized spacial score (nSPS) is 13.1. The Morgan fingerprint density at radius 1 is 1.47 bits per heavy atom. The summed E-state index contributed by atoms with van der Waals surface area (Å²) in [6.45, 7) is 5.32. The van der Waals surface area contributed by atoms with Gasteiger partial charge in [0, 0.05) is 16.6 Å². The zero-order valence-electron chi connectivity index (χ0n) is 11.0. The van der Waals surface area contributed by atoms with Crippen LogP contribution < -0.4 is 10.5 Å². The van der Waals surface area contributed by atoms with Crippen LogP contribution in [0.3, 0.4) is 0 Å². The van der Waals surface area contributed by atoms with E-state index in [1.807, 2.05) is 13.8 Å². The molecular weight excluding hydrogens is 288 g/mol. The van der Waals surface area contributed by atoms with Crippen LogP contribution in [0.25, 0.3) is 0 Å². The molecule has 19 heavy (non-hydrogen) atoms. The highest BCUT2D eigenvalue weighted by molar-refractivity contribution is 7.89. The standard InChI is InChI=1S/C12H17ClN2O3S/c1-4-7(2)15-12(16)10-5-9(13)6-11(8(10)3)19(14,17)18/h5-7H,4H2,1-3H3,(H,15,16)(H2,14,17,18). The van der Waals surface area contributed by atoms with Crippen LogP contribution in [0.2, 0.25) is 5.02 Å². The van der Waals surface area contributed by atoms with E-state index in [1.54, 1.807) is 0 Å². The van der Waals surface area contributed by atoms with Crippen LogP contribution in [0.15, 0.2) is 17.0 Å². The van der Waals surface area contributed by atoms with Crippen molar-refractivity contribution in [1.29, 1.82) is 0 Å². The summed E-state index contributed by atoms with van der Waals surface area (Å²) in [7, 11) is -3.91. The molecule has 0 aliphatic carbocycles. The van der Waals surface area contributed by atoms with Crippen LogP contribution in [0.4, 0.5) is 0 Å². The molecule has 7 heteroatoms. The van der Waals surface area contributed by atoms with Gasteiger partial charge in [-0.1, -0.05) is 18.5 Å². The number of benzene rings is 1. The van der Waals surface area contributed by atoms with Crippen molar-refractivity contribution >= 4 is 27.5 Å². The van der Waals surface area contributed by atoms with Gasteiger partial charge in [-0.05, 0) is 38.0 Å². The van der Waals surface area contributed by atoms with Crippen molar-refractivity contribution < 1.29 is 13.2 Å². The van der Waals surface area contributed by atoms with Crippen LogP contribution in [0.5, 0.6) is 0 Å². The molecule has 1 aromatic rings. The fourth-order valence-electron chi connectivity index (χ4n) is 1.59. The van der Waals surface area contributed by atoms with Gasteiger partial charge < -0.3 is 5.32 Å². The summed E-state index contributed by atoms with van der Waals surface area (Å²) >= 11 is 5.84. The summed E-state index contributed by atoms with van der Waals surface area (Å²) in [5, 5.41) is 8.02. The van der Waals surface area contributed by atoms with Gasteiger partial charge in [0.1, 0.15) is 0 Å². The molecule has 0 saturated heterocycles. The van der Waals surface area contributed by atoms with E-state index in [9.17, 15) is 13.2 Å². The van der Waals surface area contributed by atoms with E-state index in [1.165, 1.54) is 19.1 Å². The SMILES string of the molecule is CCC(C)NC(=O)c1cc(Cl)cc(S(N)(=O)=O)c1C. The second kappa shape index (κ2) is 5.90. The number of primary sulfonamides is 1. The van der Waals surface area contributed by atoms with Crippen molar-refractivity contribution in [3.63, 3.8) is 0 Å². The number of nitrogens with two attached hydrogens (primary N) is 1. The maximum Gasteiger partial charge on any atom is 0.251 e. The van der Waals surface area contributed by atoms with Crippen LogP contribution in [0.1, 0.15) is 36.2 Å². The summed E-state index contributed by atoms with van der Waals surface area (Å²) in [4.78, 5) is 11.9. The maximum atomic E-state index is 12.1. The summed E-state index contributed by atoms with van der Waals surface area (Å²) in [5.74, 6) is -0.362. The first-order chi connectivity index (χ1) is 8.66. The molecule has 1 rings (SSSR count). The lowest BCUT2D eigenvalue weighted by Gasteiger charge is -2.14. The minimum Gasteiger partial charge on any atom is -0.350 e. The van der Waals surface area contributed by atoms with E-state index >= 15 is 0 Å². The highest BCUT2D eigenvalue weighted by Gasteiger charge is 2.20. The van der Waals surface area contributed by atoms with Crippen molar-refractivity contribution in [3.05, 3.63) is 28.3 Å². The number of hydrogen-bond acceptors (Lipinski definition) is 3. The van der Waals surface area contributed by atoms with E-state index < -0.39 is 10.0 Å². The third kappa shape index (κ3) is 3.92. The topological polar surface area (TPSA) is 89.3 Å². The van der Waals surface area contributed by atoms with E-state index in [0.717, 1.165) is 6.42 Å². The zero-order chi connectivity index (χ0) is 14.8. The van der Waals surface area contributed by atoms with Gasteiger partial charge in [-0.2, -0.15) is 0 Å². The summed E-state index contributed by atoms with van der Waals surface area (Å²) in [6, 6.07) is 2.67. The van der Waals surface area contributed by atoms with Gasteiger partial charge in [0.25, 0.3) is 5.91 Å². The number of halogens is 1. The molecule has 1 amide bonds. The largest absolute Gasteiger partial charge is 0.350 e. The predicted molar refractivity (Wildman–Crippen MR) is 74.8 cm³/mol. The molecule has 0 saturated carbocycles. The first-order valence-corrected chi connectivity index (χ1v) is 7.73. The second-order valence-corrected chi connectivity index (χ2v) is 6.37. The average molecular weight is 305 g/mol. The van der Waals surface area contributed by atoms with Crippen LogP contribution >= 0.6 is 11.6 Å². The lowest BCUT2D eigenvalue weighted by Crippen LogP contribution is -2.32. The molecule has 0 heterocycles. The Bertz CT molecular complexity index is 599. The van der Waals surface area contributed by atoms with Gasteiger partial charge in [0.2, 0.25) is 10.0 Å². The molecule has 0 fully saturated rings. The summed E-state index contributed by atoms with van der Waals surface area (Å²) < 4.78 is 22.9. The quantitative estimate of drug-likeness (QED) is 0.889. The number of hydrogen-bond donors (Lipinski definition) is 2. The van der Waals surface area contributed by atoms with Crippen LogP contribution in [0, 0.1) is 6.92 Å². The predicted octanol–water partition coefficient (Wildman–Crippen LogP) is 1.82. The zero-order valence-corrected chi connectivity index (χ0v) is 12.6. The molecule has 0 aliphatic rings. The van der Waals surface area contributed by atoms with E-state index in [4.69, 9.17) is 16.7 Å². The van der Waals surface area contributed by atoms with Crippen molar-refractivity contribution in [2.24, 2.45) is 5.14 Å². The highest BCUT2D eigenvalue weighted by Crippen LogP contribution is 2.23. The summed E-state index contributed by atoms with van der Waals surface area (Å²) in [5.41, 5.74) is 0.518. The smallest absolute Gasteiger partial charge is 0.251 e. The highest BCUT2D eigenvalue weighted by atomic mass is 35.5. The number of amides is 1. The Morgan fingerprint density at radius 2 is 2.05 bits per heavy atom. The number of sulfonamides is 1. The second-order valence-electron chi connectivity index (χ2n) is 4.40. The minimum absolute atomic E-state index is 0.0104. The van der Waals surface area contributed by atoms with Crippen molar-refractivity contribution in [2.75, 3.05) is 0 Å². The first kappa shape index (κ1) is 15.9. The Morgan fingerprint density at radius 3 is 2.53 bits per heavy atom. The van der Waals surface area contributed by atoms with Gasteiger partial charge in [0.05, 0.1) is 4.90 Å². The molecule has 0 bridgehead atoms. The number of rotatable bonds is 4. The molecule has 1 aromatic carbocycles. The third-order valence-electron chi connectivity index (χ3n) is 2.87. The van der Waals surface area contributed by atoms with Crippen molar-refractivity contribution in [2.45, 2.75) is 38.1 Å². The van der Waals surface area contributed by atoms with Crippen molar-refractivity contribution in [3.8, 4) is 0 Å². The lowest BCUT2D eigenvalue weighted by molar-refractivity contribution is 0.0938. The molecule has 1 unspecified atom stereocenters. The third-order valence-corrected chi connectivity index (χ3v) is 4.12. The van der Waals surface area contributed by atoms with E-state index in [0.29, 0.717) is 5.56 Å². The lowest BCUT2D eigenvalue weighted by atomic mass is 10.1. The maximum absolute atomic E-state index is 12.1. The fourth-order valence-corrected chi connectivity index (χ4v) is 2.70. The molecule has 106 valence electrons. The monoisotopic (exact) mass is 304 g/mol. The Labute approximate surface area is 118 Å². The molecule has 0 radical (unpaired) electrons. The molecule has 0 aliphatic heterocycles. The molecule has 1 atom stereocenters. The van der Waals surface area contributed by atoms with Crippen LogP contribution in [-0.4, -0.2) is 20.4 Å². The molecule has 3 N–H and O–H groups in total. The van der Waals surface area contributed by atoms with Gasteiger partial charge in [0.15, 0.2) is 0 Å².